The normalized spacial score (nSPS) is 17.2. The quantitative estimate of drug-likeness (QED) is 0.818. The molecule has 16 heavy (non-hydrogen) atoms. The molecular formula is C12H19N3O. The highest BCUT2D eigenvalue weighted by Gasteiger charge is 2.37. The molecule has 1 saturated carbocycles. The maximum Gasteiger partial charge on any atom is 0.316 e. The fraction of sp³-hybridized carbons (Fsp3) is 0.667. The fourth-order valence-electron chi connectivity index (χ4n) is 1.83. The standard InChI is InChI=1S/C12H19N3O/c1-3-10-9(4-5-12(13)6-7-12)8-14-11(15-10)16-2/h8H,3-7,13H2,1-2H3. The van der Waals surface area contributed by atoms with Gasteiger partial charge < -0.3 is 10.5 Å². The summed E-state index contributed by atoms with van der Waals surface area (Å²) in [6, 6.07) is 0.453. The molecule has 0 bridgehead atoms. The van der Waals surface area contributed by atoms with Crippen LogP contribution < -0.4 is 10.5 Å². The molecule has 0 aromatic carbocycles. The molecule has 1 aromatic heterocycles. The Hall–Kier alpha value is -1.16. The lowest BCUT2D eigenvalue weighted by molar-refractivity contribution is 0.377. The predicted octanol–water partition coefficient (Wildman–Crippen LogP) is 1.47. The summed E-state index contributed by atoms with van der Waals surface area (Å²) in [6.45, 7) is 2.10. The Morgan fingerprint density at radius 1 is 1.50 bits per heavy atom. The van der Waals surface area contributed by atoms with Crippen molar-refractivity contribution >= 4 is 0 Å². The summed E-state index contributed by atoms with van der Waals surface area (Å²) in [5.74, 6) is 0. The molecule has 0 radical (unpaired) electrons. The molecule has 0 aliphatic heterocycles. The topological polar surface area (TPSA) is 61.0 Å². The largest absolute Gasteiger partial charge is 0.467 e. The SMILES string of the molecule is CCc1nc(OC)ncc1CCC1(N)CC1. The molecule has 0 atom stereocenters. The molecule has 0 saturated heterocycles. The van der Waals surface area contributed by atoms with Gasteiger partial charge in [-0.2, -0.15) is 0 Å². The first kappa shape index (κ1) is 11.3. The van der Waals surface area contributed by atoms with Crippen molar-refractivity contribution in [2.45, 2.75) is 44.6 Å². The van der Waals surface area contributed by atoms with E-state index in [0.29, 0.717) is 6.01 Å². The molecule has 1 aliphatic carbocycles. The van der Waals surface area contributed by atoms with Crippen molar-refractivity contribution < 1.29 is 4.74 Å². The van der Waals surface area contributed by atoms with E-state index >= 15 is 0 Å². The number of hydrogen-bond donors (Lipinski definition) is 1. The number of nitrogens with two attached hydrogens (primary N) is 1. The molecule has 1 aliphatic rings. The summed E-state index contributed by atoms with van der Waals surface area (Å²) in [7, 11) is 1.59. The van der Waals surface area contributed by atoms with Crippen molar-refractivity contribution in [2.24, 2.45) is 5.73 Å². The third-order valence-electron chi connectivity index (χ3n) is 3.23. The lowest BCUT2D eigenvalue weighted by Crippen LogP contribution is -2.22. The second kappa shape index (κ2) is 4.37. The first-order chi connectivity index (χ1) is 7.67. The maximum absolute atomic E-state index is 6.08. The molecule has 2 N–H and O–H groups in total. The average Bonchev–Trinajstić information content (AvgIpc) is 3.05. The highest BCUT2D eigenvalue weighted by atomic mass is 16.5. The predicted molar refractivity (Wildman–Crippen MR) is 62.4 cm³/mol. The van der Waals surface area contributed by atoms with E-state index in [4.69, 9.17) is 10.5 Å². The van der Waals surface area contributed by atoms with Crippen molar-refractivity contribution in [3.63, 3.8) is 0 Å². The Labute approximate surface area is 96.2 Å². The zero-order valence-corrected chi connectivity index (χ0v) is 9.99. The van der Waals surface area contributed by atoms with Crippen molar-refractivity contribution in [3.05, 3.63) is 17.5 Å². The van der Waals surface area contributed by atoms with Gasteiger partial charge in [-0.25, -0.2) is 9.97 Å². The van der Waals surface area contributed by atoms with Gasteiger partial charge in [0, 0.05) is 11.7 Å². The Morgan fingerprint density at radius 3 is 2.81 bits per heavy atom. The third-order valence-corrected chi connectivity index (χ3v) is 3.23. The molecule has 1 heterocycles. The first-order valence-electron chi connectivity index (χ1n) is 5.84. The van der Waals surface area contributed by atoms with Crippen LogP contribution in [0.5, 0.6) is 6.01 Å². The third kappa shape index (κ3) is 2.50. The minimum absolute atomic E-state index is 0.102. The zero-order chi connectivity index (χ0) is 11.6. The number of hydrogen-bond acceptors (Lipinski definition) is 4. The van der Waals surface area contributed by atoms with Gasteiger partial charge in [-0.15, -0.1) is 0 Å². The minimum Gasteiger partial charge on any atom is -0.467 e. The number of ether oxygens (including phenoxy) is 1. The van der Waals surface area contributed by atoms with Crippen LogP contribution in [0.3, 0.4) is 0 Å². The van der Waals surface area contributed by atoms with Gasteiger partial charge in [0.1, 0.15) is 0 Å². The highest BCUT2D eigenvalue weighted by Crippen LogP contribution is 2.36. The van der Waals surface area contributed by atoms with Gasteiger partial charge in [0.05, 0.1) is 12.8 Å². The van der Waals surface area contributed by atoms with Crippen LogP contribution in [-0.2, 0) is 12.8 Å². The van der Waals surface area contributed by atoms with Gasteiger partial charge in [0.15, 0.2) is 0 Å². The smallest absolute Gasteiger partial charge is 0.316 e. The molecule has 4 heteroatoms. The van der Waals surface area contributed by atoms with Crippen LogP contribution >= 0.6 is 0 Å². The number of aryl methyl sites for hydroxylation is 2. The molecule has 1 aromatic rings. The van der Waals surface area contributed by atoms with E-state index in [0.717, 1.165) is 37.8 Å². The fourth-order valence-corrected chi connectivity index (χ4v) is 1.83. The van der Waals surface area contributed by atoms with Crippen LogP contribution in [0.2, 0.25) is 0 Å². The second-order valence-corrected chi connectivity index (χ2v) is 4.54. The summed E-state index contributed by atoms with van der Waals surface area (Å²) in [5.41, 5.74) is 8.47. The van der Waals surface area contributed by atoms with Gasteiger partial charge in [-0.05, 0) is 37.7 Å². The van der Waals surface area contributed by atoms with E-state index in [1.165, 1.54) is 5.56 Å². The van der Waals surface area contributed by atoms with Crippen molar-refractivity contribution in [2.75, 3.05) is 7.11 Å². The first-order valence-corrected chi connectivity index (χ1v) is 5.84. The lowest BCUT2D eigenvalue weighted by Gasteiger charge is -2.11. The average molecular weight is 221 g/mol. The molecule has 0 unspecified atom stereocenters. The highest BCUT2D eigenvalue weighted by molar-refractivity contribution is 5.20. The van der Waals surface area contributed by atoms with Crippen LogP contribution in [0.4, 0.5) is 0 Å². The van der Waals surface area contributed by atoms with Gasteiger partial charge in [0.25, 0.3) is 0 Å². The number of nitrogens with zero attached hydrogens (tertiary/aromatic N) is 2. The number of aromatic nitrogens is 2. The van der Waals surface area contributed by atoms with Gasteiger partial charge in [-0.3, -0.25) is 0 Å². The summed E-state index contributed by atoms with van der Waals surface area (Å²) in [5, 5.41) is 0. The molecular weight excluding hydrogens is 202 g/mol. The van der Waals surface area contributed by atoms with Crippen molar-refractivity contribution in [3.8, 4) is 6.01 Å². The Kier molecular flexibility index (Phi) is 3.10. The van der Waals surface area contributed by atoms with E-state index < -0.39 is 0 Å². The minimum atomic E-state index is 0.102. The Balaban J connectivity index is 2.07. The summed E-state index contributed by atoms with van der Waals surface area (Å²) < 4.78 is 5.02. The van der Waals surface area contributed by atoms with E-state index in [1.807, 2.05) is 6.20 Å². The Bertz CT molecular complexity index is 375. The van der Waals surface area contributed by atoms with E-state index in [-0.39, 0.29) is 5.54 Å². The molecule has 1 fully saturated rings. The summed E-state index contributed by atoms with van der Waals surface area (Å²) in [4.78, 5) is 8.51. The summed E-state index contributed by atoms with van der Waals surface area (Å²) >= 11 is 0. The van der Waals surface area contributed by atoms with Crippen molar-refractivity contribution in [1.82, 2.24) is 9.97 Å². The van der Waals surface area contributed by atoms with Crippen LogP contribution in [-0.4, -0.2) is 22.6 Å². The van der Waals surface area contributed by atoms with Crippen LogP contribution in [0.15, 0.2) is 6.20 Å². The van der Waals surface area contributed by atoms with E-state index in [9.17, 15) is 0 Å². The van der Waals surface area contributed by atoms with Crippen LogP contribution in [0.25, 0.3) is 0 Å². The second-order valence-electron chi connectivity index (χ2n) is 4.54. The van der Waals surface area contributed by atoms with E-state index in [1.54, 1.807) is 7.11 Å². The van der Waals surface area contributed by atoms with E-state index in [2.05, 4.69) is 16.9 Å². The van der Waals surface area contributed by atoms with Crippen LogP contribution in [0, 0.1) is 0 Å². The molecule has 2 rings (SSSR count). The number of methoxy groups -OCH3 is 1. The van der Waals surface area contributed by atoms with Crippen molar-refractivity contribution in [1.29, 1.82) is 0 Å². The number of rotatable bonds is 5. The molecule has 4 nitrogen and oxygen atoms in total. The van der Waals surface area contributed by atoms with Gasteiger partial charge in [-0.1, -0.05) is 6.92 Å². The van der Waals surface area contributed by atoms with Gasteiger partial charge in [0.2, 0.25) is 0 Å². The lowest BCUT2D eigenvalue weighted by atomic mass is 10.0. The molecule has 0 amide bonds. The maximum atomic E-state index is 6.08. The Morgan fingerprint density at radius 2 is 2.25 bits per heavy atom. The molecule has 0 spiro atoms. The van der Waals surface area contributed by atoms with Crippen LogP contribution in [0.1, 0.15) is 37.4 Å². The van der Waals surface area contributed by atoms with Gasteiger partial charge >= 0.3 is 6.01 Å². The molecule has 88 valence electrons. The monoisotopic (exact) mass is 221 g/mol. The summed E-state index contributed by atoms with van der Waals surface area (Å²) in [6.07, 6.45) is 7.11. The zero-order valence-electron chi connectivity index (χ0n) is 9.99.